The minimum absolute atomic E-state index is 0.0614. The van der Waals surface area contributed by atoms with E-state index in [1.807, 2.05) is 98.7 Å². The first-order chi connectivity index (χ1) is 22.4. The zero-order chi connectivity index (χ0) is 32.5. The molecular formula is C37H35FN6O2. The summed E-state index contributed by atoms with van der Waals surface area (Å²) in [6.07, 6.45) is 4.42. The molecule has 0 saturated heterocycles. The third-order valence-electron chi connectivity index (χ3n) is 7.00. The lowest BCUT2D eigenvalue weighted by atomic mass is 10.0. The molecule has 0 radical (unpaired) electrons. The quantitative estimate of drug-likeness (QED) is 0.0821. The van der Waals surface area contributed by atoms with Gasteiger partial charge in [-0.2, -0.15) is 0 Å². The highest BCUT2D eigenvalue weighted by Gasteiger charge is 2.21. The van der Waals surface area contributed by atoms with E-state index in [9.17, 15) is 0 Å². The summed E-state index contributed by atoms with van der Waals surface area (Å²) in [5.41, 5.74) is 4.24. The van der Waals surface area contributed by atoms with E-state index in [0.717, 1.165) is 16.7 Å². The Morgan fingerprint density at radius 3 is 2.26 bits per heavy atom. The molecule has 5 aromatic rings. The van der Waals surface area contributed by atoms with Crippen molar-refractivity contribution >= 4 is 40.5 Å². The maximum atomic E-state index is 16.9. The number of allylic oxidation sites excluding steroid dienone is 1. The van der Waals surface area contributed by atoms with Gasteiger partial charge in [0.25, 0.3) is 0 Å². The lowest BCUT2D eigenvalue weighted by Crippen LogP contribution is -2.19. The summed E-state index contributed by atoms with van der Waals surface area (Å²) in [6, 6.07) is 26.6. The largest absolute Gasteiger partial charge is 0.490 e. The van der Waals surface area contributed by atoms with Crippen molar-refractivity contribution in [3.05, 3.63) is 138 Å². The lowest BCUT2D eigenvalue weighted by Gasteiger charge is -2.17. The second-order valence-corrected chi connectivity index (χ2v) is 10.6. The maximum Gasteiger partial charge on any atom is 0.165 e. The van der Waals surface area contributed by atoms with Crippen molar-refractivity contribution in [2.75, 3.05) is 32.6 Å². The molecule has 5 rings (SSSR count). The van der Waals surface area contributed by atoms with E-state index in [4.69, 9.17) is 14.5 Å². The van der Waals surface area contributed by atoms with Gasteiger partial charge in [-0.1, -0.05) is 67.2 Å². The molecule has 9 heteroatoms. The zero-order valence-corrected chi connectivity index (χ0v) is 26.1. The van der Waals surface area contributed by atoms with Crippen molar-refractivity contribution in [1.82, 2.24) is 14.9 Å². The summed E-state index contributed by atoms with van der Waals surface area (Å²) in [4.78, 5) is 19.5. The Labute approximate surface area is 268 Å². The Bertz CT molecular complexity index is 1870. The van der Waals surface area contributed by atoms with Gasteiger partial charge in [-0.3, -0.25) is 4.99 Å². The smallest absolute Gasteiger partial charge is 0.165 e. The Hall–Kier alpha value is -5.67. The van der Waals surface area contributed by atoms with Gasteiger partial charge in [0.15, 0.2) is 5.82 Å². The molecule has 0 bridgehead atoms. The van der Waals surface area contributed by atoms with Crippen LogP contribution < -0.4 is 14.8 Å². The van der Waals surface area contributed by atoms with Crippen LogP contribution >= 0.6 is 0 Å². The number of aromatic nitrogens is 2. The molecule has 0 aliphatic rings. The monoisotopic (exact) mass is 614 g/mol. The molecule has 1 N–H and O–H groups in total. The molecule has 0 unspecified atom stereocenters. The molecule has 232 valence electrons. The van der Waals surface area contributed by atoms with Crippen LogP contribution in [0.3, 0.4) is 0 Å². The van der Waals surface area contributed by atoms with Crippen molar-refractivity contribution < 1.29 is 13.9 Å². The first kappa shape index (κ1) is 31.7. The number of hydrogen-bond donors (Lipinski definition) is 1. The number of ether oxygens (including phenoxy) is 2. The van der Waals surface area contributed by atoms with E-state index in [1.54, 1.807) is 18.2 Å². The van der Waals surface area contributed by atoms with Gasteiger partial charge < -0.3 is 19.7 Å². The first-order valence-electron chi connectivity index (χ1n) is 14.7. The van der Waals surface area contributed by atoms with Crippen LogP contribution in [0.4, 0.5) is 21.6 Å². The van der Waals surface area contributed by atoms with Crippen molar-refractivity contribution in [2.45, 2.75) is 6.92 Å². The number of anilines is 2. The average Bonchev–Trinajstić information content (AvgIpc) is 3.06. The third-order valence-corrected chi connectivity index (χ3v) is 7.00. The molecule has 0 fully saturated rings. The van der Waals surface area contributed by atoms with Crippen molar-refractivity contribution in [2.24, 2.45) is 9.98 Å². The van der Waals surface area contributed by atoms with Gasteiger partial charge in [-0.05, 0) is 57.6 Å². The number of nitrogens with one attached hydrogen (secondary N) is 1. The van der Waals surface area contributed by atoms with E-state index in [2.05, 4.69) is 33.6 Å². The third kappa shape index (κ3) is 7.51. The second kappa shape index (κ2) is 14.9. The fourth-order valence-corrected chi connectivity index (χ4v) is 4.71. The molecule has 0 atom stereocenters. The summed E-state index contributed by atoms with van der Waals surface area (Å²) in [7, 11) is 3.90. The molecule has 0 amide bonds. The minimum atomic E-state index is -0.598. The molecular weight excluding hydrogens is 579 g/mol. The molecule has 0 spiro atoms. The maximum absolute atomic E-state index is 16.9. The first-order valence-corrected chi connectivity index (χ1v) is 14.7. The number of aliphatic imine (C=N–C) groups is 2. The van der Waals surface area contributed by atoms with Gasteiger partial charge in [0, 0.05) is 29.4 Å². The van der Waals surface area contributed by atoms with Crippen molar-refractivity contribution in [3.8, 4) is 11.5 Å². The summed E-state index contributed by atoms with van der Waals surface area (Å²) >= 11 is 0. The molecule has 0 aliphatic heterocycles. The van der Waals surface area contributed by atoms with E-state index in [1.165, 1.54) is 12.5 Å². The molecule has 1 aromatic heterocycles. The number of hydrogen-bond acceptors (Lipinski definition) is 8. The normalized spacial score (nSPS) is 11.3. The Balaban J connectivity index is 1.63. The number of likely N-dealkylation sites (N-methyl/N-ethyl adjacent to an activating group) is 1. The SMILES string of the molecule is C=C/C(=C\N=C)Oc1ccc(Nc2ncnc3cc(OCCN(C)C)c(N=C(c4ccccc4)c4ccccc4)c(F)c23)cc1C. The fraction of sp³-hybridized carbons (Fsp3) is 0.135. The molecule has 0 saturated carbocycles. The highest BCUT2D eigenvalue weighted by atomic mass is 19.1. The van der Waals surface area contributed by atoms with Gasteiger partial charge in [-0.25, -0.2) is 19.4 Å². The minimum Gasteiger partial charge on any atom is -0.490 e. The number of nitrogens with zero attached hydrogens (tertiary/aromatic N) is 5. The van der Waals surface area contributed by atoms with E-state index >= 15 is 4.39 Å². The van der Waals surface area contributed by atoms with Gasteiger partial charge in [0.2, 0.25) is 0 Å². The second-order valence-electron chi connectivity index (χ2n) is 10.6. The van der Waals surface area contributed by atoms with Gasteiger partial charge in [0.05, 0.1) is 22.8 Å². The molecule has 46 heavy (non-hydrogen) atoms. The van der Waals surface area contributed by atoms with E-state index < -0.39 is 5.82 Å². The topological polar surface area (TPSA) is 84.2 Å². The van der Waals surface area contributed by atoms with Crippen LogP contribution in [0.2, 0.25) is 0 Å². The van der Waals surface area contributed by atoms with Crippen molar-refractivity contribution in [3.63, 3.8) is 0 Å². The van der Waals surface area contributed by atoms with Crippen LogP contribution in [0.15, 0.2) is 126 Å². The van der Waals surface area contributed by atoms with Crippen LogP contribution in [-0.2, 0) is 0 Å². The predicted molar refractivity (Wildman–Crippen MR) is 185 cm³/mol. The molecule has 0 aliphatic carbocycles. The Kier molecular flexibility index (Phi) is 10.3. The Morgan fingerprint density at radius 1 is 0.957 bits per heavy atom. The number of rotatable bonds is 13. The van der Waals surface area contributed by atoms with Crippen molar-refractivity contribution in [1.29, 1.82) is 0 Å². The highest BCUT2D eigenvalue weighted by molar-refractivity contribution is 6.14. The van der Waals surface area contributed by atoms with Gasteiger partial charge in [0.1, 0.15) is 41.7 Å². The number of aryl methyl sites for hydroxylation is 1. The highest BCUT2D eigenvalue weighted by Crippen LogP contribution is 2.40. The van der Waals surface area contributed by atoms with E-state index in [0.29, 0.717) is 47.3 Å². The van der Waals surface area contributed by atoms with Gasteiger partial charge in [-0.15, -0.1) is 0 Å². The number of fused-ring (bicyclic) bond motifs is 1. The summed E-state index contributed by atoms with van der Waals surface area (Å²) in [5.74, 6) is 1.06. The number of benzene rings is 4. The van der Waals surface area contributed by atoms with E-state index in [-0.39, 0.29) is 16.9 Å². The molecule has 1 heterocycles. The van der Waals surface area contributed by atoms with Crippen LogP contribution in [0, 0.1) is 12.7 Å². The lowest BCUT2D eigenvalue weighted by molar-refractivity contribution is 0.261. The summed E-state index contributed by atoms with van der Waals surface area (Å²) in [6.45, 7) is 10.1. The standard InChI is InChI=1S/C37H35FN6O2/c1-6-29(23-39-3)46-31-18-17-28(21-25(31)2)42-37-33-30(40-24-41-37)22-32(45-20-19-44(4)5)36(34(33)38)43-35(26-13-9-7-10-14-26)27-15-11-8-12-16-27/h6-18,21-24H,1,3,19-20H2,2,4-5H3,(H,40,41,42)/b29-23+. The van der Waals surface area contributed by atoms with Crippen LogP contribution in [0.5, 0.6) is 11.5 Å². The summed E-state index contributed by atoms with van der Waals surface area (Å²) < 4.78 is 28.9. The zero-order valence-electron chi connectivity index (χ0n) is 26.1. The average molecular weight is 615 g/mol. The van der Waals surface area contributed by atoms with Crippen LogP contribution in [0.1, 0.15) is 16.7 Å². The fourth-order valence-electron chi connectivity index (χ4n) is 4.71. The number of halogens is 1. The molecule has 8 nitrogen and oxygen atoms in total. The predicted octanol–water partition coefficient (Wildman–Crippen LogP) is 8.04. The molecule has 4 aromatic carbocycles. The van der Waals surface area contributed by atoms with Crippen LogP contribution in [-0.4, -0.2) is 54.5 Å². The summed E-state index contributed by atoms with van der Waals surface area (Å²) in [5, 5.41) is 3.45. The van der Waals surface area contributed by atoms with Crippen LogP contribution in [0.25, 0.3) is 10.9 Å². The van der Waals surface area contributed by atoms with Gasteiger partial charge >= 0.3 is 0 Å². The Morgan fingerprint density at radius 2 is 1.65 bits per heavy atom.